The third-order valence-electron chi connectivity index (χ3n) is 6.55. The van der Waals surface area contributed by atoms with E-state index in [1.165, 1.54) is 17.0 Å². The number of carbonyl (C=O) groups is 2. The van der Waals surface area contributed by atoms with Crippen LogP contribution in [0.5, 0.6) is 0 Å². The van der Waals surface area contributed by atoms with Gasteiger partial charge in [0.15, 0.2) is 0 Å². The van der Waals surface area contributed by atoms with E-state index in [1.807, 2.05) is 33.8 Å². The second-order valence-corrected chi connectivity index (χ2v) is 11.9. The molecule has 0 spiro atoms. The molecule has 0 fully saturated rings. The number of sulfonamides is 1. The molecule has 9 heteroatoms. The lowest BCUT2D eigenvalue weighted by atomic mass is 10.1. The van der Waals surface area contributed by atoms with E-state index in [-0.39, 0.29) is 23.4 Å². The Hall–Kier alpha value is -3.36. The first kappa shape index (κ1) is 30.2. The molecule has 1 N–H and O–H groups in total. The molecule has 7 nitrogen and oxygen atoms in total. The molecule has 2 amide bonds. The van der Waals surface area contributed by atoms with Gasteiger partial charge in [0.2, 0.25) is 11.8 Å². The highest BCUT2D eigenvalue weighted by molar-refractivity contribution is 7.92. The fraction of sp³-hybridized carbons (Fsp3) is 0.333. The molecule has 3 rings (SSSR count). The first-order valence-electron chi connectivity index (χ1n) is 13.1. The molecule has 208 valence electrons. The van der Waals surface area contributed by atoms with Crippen molar-refractivity contribution in [3.63, 3.8) is 0 Å². The lowest BCUT2D eigenvalue weighted by molar-refractivity contribution is -0.140. The van der Waals surface area contributed by atoms with Crippen molar-refractivity contribution in [1.29, 1.82) is 0 Å². The van der Waals surface area contributed by atoms with Crippen molar-refractivity contribution in [3.05, 3.63) is 95.0 Å². The minimum atomic E-state index is -4.09. The van der Waals surface area contributed by atoms with Gasteiger partial charge >= 0.3 is 0 Å². The van der Waals surface area contributed by atoms with E-state index >= 15 is 0 Å². The highest BCUT2D eigenvalue weighted by Gasteiger charge is 2.34. The van der Waals surface area contributed by atoms with Crippen LogP contribution in [-0.2, 0) is 26.2 Å². The summed E-state index contributed by atoms with van der Waals surface area (Å²) in [6.07, 6.45) is 1.10. The third-order valence-corrected chi connectivity index (χ3v) is 8.59. The van der Waals surface area contributed by atoms with Crippen LogP contribution >= 0.6 is 11.6 Å². The van der Waals surface area contributed by atoms with Crippen LogP contribution in [0.4, 0.5) is 5.69 Å². The van der Waals surface area contributed by atoms with Gasteiger partial charge < -0.3 is 10.2 Å². The van der Waals surface area contributed by atoms with Crippen LogP contribution in [0.15, 0.2) is 83.8 Å². The Kier molecular flexibility index (Phi) is 10.5. The van der Waals surface area contributed by atoms with Crippen LogP contribution in [0.1, 0.15) is 44.7 Å². The van der Waals surface area contributed by atoms with Crippen molar-refractivity contribution >= 4 is 39.1 Å². The fourth-order valence-corrected chi connectivity index (χ4v) is 5.73. The van der Waals surface area contributed by atoms with Gasteiger partial charge in [0.25, 0.3) is 10.0 Å². The molecule has 2 atom stereocenters. The molecular weight excluding hydrogens is 534 g/mol. The number of anilines is 1. The van der Waals surface area contributed by atoms with Gasteiger partial charge in [0.1, 0.15) is 12.6 Å². The first-order valence-corrected chi connectivity index (χ1v) is 14.9. The Labute approximate surface area is 236 Å². The van der Waals surface area contributed by atoms with E-state index in [9.17, 15) is 18.0 Å². The summed E-state index contributed by atoms with van der Waals surface area (Å²) in [7, 11) is -4.09. The summed E-state index contributed by atoms with van der Waals surface area (Å²) in [4.78, 5) is 28.9. The molecule has 0 aliphatic carbocycles. The number of halogens is 1. The average molecular weight is 570 g/mol. The predicted molar refractivity (Wildman–Crippen MR) is 156 cm³/mol. The van der Waals surface area contributed by atoms with Gasteiger partial charge in [0.05, 0.1) is 10.6 Å². The summed E-state index contributed by atoms with van der Waals surface area (Å²) in [6, 6.07) is 21.2. The Morgan fingerprint density at radius 3 is 2.18 bits per heavy atom. The van der Waals surface area contributed by atoms with Crippen molar-refractivity contribution in [3.8, 4) is 0 Å². The van der Waals surface area contributed by atoms with Crippen molar-refractivity contribution < 1.29 is 18.0 Å². The summed E-state index contributed by atoms with van der Waals surface area (Å²) < 4.78 is 28.8. The second kappa shape index (κ2) is 13.6. The van der Waals surface area contributed by atoms with E-state index in [0.717, 1.165) is 21.9 Å². The van der Waals surface area contributed by atoms with Crippen LogP contribution in [0.25, 0.3) is 0 Å². The summed E-state index contributed by atoms with van der Waals surface area (Å²) >= 11 is 6.06. The first-order chi connectivity index (χ1) is 18.6. The zero-order chi connectivity index (χ0) is 28.6. The maximum atomic E-state index is 14.0. The number of amides is 2. The summed E-state index contributed by atoms with van der Waals surface area (Å²) in [5, 5.41) is 3.53. The number of rotatable bonds is 12. The van der Waals surface area contributed by atoms with E-state index in [4.69, 9.17) is 11.6 Å². The second-order valence-electron chi connectivity index (χ2n) is 9.55. The van der Waals surface area contributed by atoms with Crippen molar-refractivity contribution in [2.75, 3.05) is 10.8 Å². The molecular formula is C30H36ClN3O4S. The van der Waals surface area contributed by atoms with Gasteiger partial charge in [-0.25, -0.2) is 8.42 Å². The standard InChI is InChI=1S/C30H36ClN3O4S/c1-5-23(4)32-30(36)28(6-2)33(20-24-15-17-25(31)18-16-24)29(35)21-34(26-12-10-11-22(3)19-26)39(37,38)27-13-8-7-9-14-27/h7-19,23,28H,5-6,20-21H2,1-4H3,(H,32,36)/t23-,28-/m1/s1. The minimum absolute atomic E-state index is 0.0683. The highest BCUT2D eigenvalue weighted by Crippen LogP contribution is 2.25. The van der Waals surface area contributed by atoms with Crippen molar-refractivity contribution in [2.24, 2.45) is 0 Å². The summed E-state index contributed by atoms with van der Waals surface area (Å²) in [6.45, 7) is 7.22. The Balaban J connectivity index is 2.04. The van der Waals surface area contributed by atoms with Crippen LogP contribution in [0.2, 0.25) is 5.02 Å². The molecule has 0 aromatic heterocycles. The van der Waals surface area contributed by atoms with Gasteiger partial charge in [-0.1, -0.05) is 67.9 Å². The van der Waals surface area contributed by atoms with E-state index in [2.05, 4.69) is 5.32 Å². The number of aryl methyl sites for hydroxylation is 1. The van der Waals surface area contributed by atoms with Gasteiger partial charge in [0, 0.05) is 17.6 Å². The average Bonchev–Trinajstić information content (AvgIpc) is 2.92. The summed E-state index contributed by atoms with van der Waals surface area (Å²) in [5.74, 6) is -0.765. The minimum Gasteiger partial charge on any atom is -0.352 e. The molecule has 3 aromatic carbocycles. The van der Waals surface area contributed by atoms with Crippen LogP contribution < -0.4 is 9.62 Å². The molecule has 0 saturated carbocycles. The zero-order valence-corrected chi connectivity index (χ0v) is 24.4. The van der Waals surface area contributed by atoms with E-state index in [1.54, 1.807) is 60.7 Å². The number of hydrogen-bond acceptors (Lipinski definition) is 4. The molecule has 0 saturated heterocycles. The molecule has 0 heterocycles. The zero-order valence-electron chi connectivity index (χ0n) is 22.8. The maximum Gasteiger partial charge on any atom is 0.264 e. The number of carbonyl (C=O) groups excluding carboxylic acids is 2. The fourth-order valence-electron chi connectivity index (χ4n) is 4.18. The Morgan fingerprint density at radius 1 is 0.923 bits per heavy atom. The van der Waals surface area contributed by atoms with Crippen LogP contribution in [-0.4, -0.2) is 43.8 Å². The van der Waals surface area contributed by atoms with E-state index in [0.29, 0.717) is 17.1 Å². The van der Waals surface area contributed by atoms with Gasteiger partial charge in [-0.3, -0.25) is 13.9 Å². The Bertz CT molecular complexity index is 1360. The number of nitrogens with zero attached hydrogens (tertiary/aromatic N) is 2. The quantitative estimate of drug-likeness (QED) is 0.309. The van der Waals surface area contributed by atoms with Gasteiger partial charge in [-0.2, -0.15) is 0 Å². The van der Waals surface area contributed by atoms with Crippen molar-refractivity contribution in [1.82, 2.24) is 10.2 Å². The van der Waals surface area contributed by atoms with E-state index < -0.39 is 28.5 Å². The maximum absolute atomic E-state index is 14.0. The number of hydrogen-bond donors (Lipinski definition) is 1. The summed E-state index contributed by atoms with van der Waals surface area (Å²) in [5.41, 5.74) is 2.00. The van der Waals surface area contributed by atoms with Crippen LogP contribution in [0.3, 0.4) is 0 Å². The van der Waals surface area contributed by atoms with Gasteiger partial charge in [-0.05, 0) is 74.2 Å². The topological polar surface area (TPSA) is 86.8 Å². The van der Waals surface area contributed by atoms with Crippen LogP contribution in [0, 0.1) is 6.92 Å². The molecule has 0 aliphatic rings. The Morgan fingerprint density at radius 2 is 1.59 bits per heavy atom. The molecule has 0 radical (unpaired) electrons. The highest BCUT2D eigenvalue weighted by atomic mass is 35.5. The molecule has 0 bridgehead atoms. The molecule has 39 heavy (non-hydrogen) atoms. The monoisotopic (exact) mass is 569 g/mol. The smallest absolute Gasteiger partial charge is 0.264 e. The number of benzene rings is 3. The number of nitrogens with one attached hydrogen (secondary N) is 1. The molecule has 0 aliphatic heterocycles. The van der Waals surface area contributed by atoms with Crippen molar-refractivity contribution in [2.45, 2.75) is 64.1 Å². The molecule has 0 unspecified atom stereocenters. The predicted octanol–water partition coefficient (Wildman–Crippen LogP) is 5.57. The lowest BCUT2D eigenvalue weighted by Gasteiger charge is -2.33. The SMILES string of the molecule is CC[C@@H](C)NC(=O)[C@@H](CC)N(Cc1ccc(Cl)cc1)C(=O)CN(c1cccc(C)c1)S(=O)(=O)c1ccccc1. The lowest BCUT2D eigenvalue weighted by Crippen LogP contribution is -2.53. The molecule has 3 aromatic rings. The third kappa shape index (κ3) is 7.83. The largest absolute Gasteiger partial charge is 0.352 e. The van der Waals surface area contributed by atoms with Gasteiger partial charge in [-0.15, -0.1) is 0 Å². The normalized spacial score (nSPS) is 12.8.